The van der Waals surface area contributed by atoms with Gasteiger partial charge in [-0.2, -0.15) is 0 Å². The fourth-order valence-electron chi connectivity index (χ4n) is 2.64. The van der Waals surface area contributed by atoms with Gasteiger partial charge >= 0.3 is 0 Å². The maximum Gasteiger partial charge on any atom is 0.110 e. The molecule has 0 aromatic carbocycles. The van der Waals surface area contributed by atoms with Gasteiger partial charge in [0, 0.05) is 38.5 Å². The van der Waals surface area contributed by atoms with Gasteiger partial charge in [0.05, 0.1) is 6.10 Å². The van der Waals surface area contributed by atoms with Crippen LogP contribution < -0.4 is 5.32 Å². The van der Waals surface area contributed by atoms with E-state index in [1.807, 2.05) is 6.20 Å². The zero-order valence-electron chi connectivity index (χ0n) is 13.0. The molecule has 2 atom stereocenters. The normalized spacial score (nSPS) is 14.8. The molecule has 1 N–H and O–H groups in total. The molecule has 1 aromatic rings. The summed E-state index contributed by atoms with van der Waals surface area (Å²) in [6, 6.07) is 0.313. The number of likely N-dealkylation sites (N-methyl/N-ethyl adjacent to an activating group) is 1. The minimum absolute atomic E-state index is 0.215. The van der Waals surface area contributed by atoms with Crippen LogP contribution >= 0.6 is 0 Å². The molecule has 0 aliphatic rings. The third kappa shape index (κ3) is 4.62. The van der Waals surface area contributed by atoms with E-state index in [1.165, 1.54) is 0 Å². The van der Waals surface area contributed by atoms with E-state index in [0.29, 0.717) is 12.0 Å². The first kappa shape index (κ1) is 16.2. The van der Waals surface area contributed by atoms with Crippen LogP contribution in [0.15, 0.2) is 12.4 Å². The summed E-state index contributed by atoms with van der Waals surface area (Å²) in [6.45, 7) is 10.7. The first-order valence-electron chi connectivity index (χ1n) is 7.40. The highest BCUT2D eigenvalue weighted by Gasteiger charge is 2.25. The molecule has 0 fully saturated rings. The van der Waals surface area contributed by atoms with Crippen molar-refractivity contribution in [2.24, 2.45) is 5.92 Å². The van der Waals surface area contributed by atoms with Crippen LogP contribution in [-0.2, 0) is 17.7 Å². The summed E-state index contributed by atoms with van der Waals surface area (Å²) in [4.78, 5) is 4.50. The standard InChI is InChI=1S/C15H29N3O/c1-6-9-18-10-8-17-14(18)11-13(16-7-2)15(19-5)12(3)4/h8,10,12-13,15-16H,6-7,9,11H2,1-5H3. The van der Waals surface area contributed by atoms with Crippen LogP contribution in [0.3, 0.4) is 0 Å². The van der Waals surface area contributed by atoms with E-state index in [4.69, 9.17) is 4.74 Å². The second kappa shape index (κ2) is 8.33. The minimum Gasteiger partial charge on any atom is -0.380 e. The van der Waals surface area contributed by atoms with Crippen molar-refractivity contribution >= 4 is 0 Å². The molecule has 0 radical (unpaired) electrons. The number of nitrogens with zero attached hydrogens (tertiary/aromatic N) is 2. The molecule has 0 saturated carbocycles. The fraction of sp³-hybridized carbons (Fsp3) is 0.800. The van der Waals surface area contributed by atoms with Crippen molar-refractivity contribution in [1.29, 1.82) is 0 Å². The Hall–Kier alpha value is -0.870. The number of rotatable bonds is 9. The molecule has 0 aliphatic carbocycles. The molecule has 1 rings (SSSR count). The first-order chi connectivity index (χ1) is 9.13. The van der Waals surface area contributed by atoms with Crippen molar-refractivity contribution < 1.29 is 4.74 Å². The molecule has 0 saturated heterocycles. The molecule has 110 valence electrons. The zero-order valence-corrected chi connectivity index (χ0v) is 13.0. The second-order valence-electron chi connectivity index (χ2n) is 5.35. The van der Waals surface area contributed by atoms with E-state index in [1.54, 1.807) is 7.11 Å². The number of hydrogen-bond acceptors (Lipinski definition) is 3. The van der Waals surface area contributed by atoms with Crippen LogP contribution in [0.2, 0.25) is 0 Å². The van der Waals surface area contributed by atoms with E-state index in [-0.39, 0.29) is 6.10 Å². The molecular formula is C15H29N3O. The number of aryl methyl sites for hydroxylation is 1. The van der Waals surface area contributed by atoms with Gasteiger partial charge in [0.2, 0.25) is 0 Å². The largest absolute Gasteiger partial charge is 0.380 e. The highest BCUT2D eigenvalue weighted by molar-refractivity contribution is 4.98. The van der Waals surface area contributed by atoms with Crippen LogP contribution in [-0.4, -0.2) is 35.4 Å². The van der Waals surface area contributed by atoms with E-state index in [0.717, 1.165) is 31.8 Å². The summed E-state index contributed by atoms with van der Waals surface area (Å²) in [6.07, 6.45) is 6.22. The molecule has 0 spiro atoms. The average Bonchev–Trinajstić information content (AvgIpc) is 2.78. The molecule has 0 amide bonds. The SMILES string of the molecule is CCCn1ccnc1CC(NCC)C(OC)C(C)C. The van der Waals surface area contributed by atoms with E-state index >= 15 is 0 Å². The van der Waals surface area contributed by atoms with Crippen LogP contribution in [0.1, 0.15) is 39.9 Å². The summed E-state index contributed by atoms with van der Waals surface area (Å²) >= 11 is 0. The smallest absolute Gasteiger partial charge is 0.110 e. The summed E-state index contributed by atoms with van der Waals surface area (Å²) in [5.41, 5.74) is 0. The average molecular weight is 267 g/mol. The Morgan fingerprint density at radius 3 is 2.63 bits per heavy atom. The Morgan fingerprint density at radius 2 is 2.11 bits per heavy atom. The second-order valence-corrected chi connectivity index (χ2v) is 5.35. The number of ether oxygens (including phenoxy) is 1. The van der Waals surface area contributed by atoms with Crippen molar-refractivity contribution in [3.05, 3.63) is 18.2 Å². The maximum atomic E-state index is 5.68. The Kier molecular flexibility index (Phi) is 7.10. The predicted molar refractivity (Wildman–Crippen MR) is 79.3 cm³/mol. The van der Waals surface area contributed by atoms with Gasteiger partial charge in [0.25, 0.3) is 0 Å². The fourth-order valence-corrected chi connectivity index (χ4v) is 2.64. The number of methoxy groups -OCH3 is 1. The number of imidazole rings is 1. The van der Waals surface area contributed by atoms with E-state index in [9.17, 15) is 0 Å². The van der Waals surface area contributed by atoms with E-state index < -0.39 is 0 Å². The van der Waals surface area contributed by atoms with Gasteiger partial charge in [0.1, 0.15) is 5.82 Å². The van der Waals surface area contributed by atoms with Crippen LogP contribution in [0.25, 0.3) is 0 Å². The maximum absolute atomic E-state index is 5.68. The molecule has 1 heterocycles. The highest BCUT2D eigenvalue weighted by Crippen LogP contribution is 2.14. The molecule has 1 aromatic heterocycles. The zero-order chi connectivity index (χ0) is 14.3. The quantitative estimate of drug-likeness (QED) is 0.747. The van der Waals surface area contributed by atoms with Gasteiger partial charge in [0.15, 0.2) is 0 Å². The van der Waals surface area contributed by atoms with Gasteiger partial charge in [-0.15, -0.1) is 0 Å². The van der Waals surface area contributed by atoms with E-state index in [2.05, 4.69) is 48.8 Å². The Morgan fingerprint density at radius 1 is 1.37 bits per heavy atom. The van der Waals surface area contributed by atoms with Crippen molar-refractivity contribution in [2.45, 2.75) is 59.2 Å². The van der Waals surface area contributed by atoms with Crippen molar-refractivity contribution in [3.8, 4) is 0 Å². The van der Waals surface area contributed by atoms with Gasteiger partial charge in [-0.3, -0.25) is 0 Å². The molecule has 0 aliphatic heterocycles. The van der Waals surface area contributed by atoms with Gasteiger partial charge in [-0.25, -0.2) is 4.98 Å². The minimum atomic E-state index is 0.215. The van der Waals surface area contributed by atoms with Gasteiger partial charge < -0.3 is 14.6 Å². The number of aromatic nitrogens is 2. The third-order valence-corrected chi connectivity index (χ3v) is 3.46. The summed E-state index contributed by atoms with van der Waals surface area (Å²) < 4.78 is 7.92. The van der Waals surface area contributed by atoms with Crippen molar-refractivity contribution in [1.82, 2.24) is 14.9 Å². The van der Waals surface area contributed by atoms with Gasteiger partial charge in [-0.05, 0) is 18.9 Å². The first-order valence-corrected chi connectivity index (χ1v) is 7.40. The molecule has 2 unspecified atom stereocenters. The summed E-state index contributed by atoms with van der Waals surface area (Å²) in [7, 11) is 1.80. The Balaban J connectivity index is 2.79. The molecule has 4 heteroatoms. The predicted octanol–water partition coefficient (Wildman–Crippen LogP) is 2.48. The van der Waals surface area contributed by atoms with Crippen molar-refractivity contribution in [3.63, 3.8) is 0 Å². The van der Waals surface area contributed by atoms with Crippen molar-refractivity contribution in [2.75, 3.05) is 13.7 Å². The summed E-state index contributed by atoms with van der Waals surface area (Å²) in [5, 5.41) is 3.54. The third-order valence-electron chi connectivity index (χ3n) is 3.46. The summed E-state index contributed by atoms with van der Waals surface area (Å²) in [5.74, 6) is 1.64. The molecule has 4 nitrogen and oxygen atoms in total. The monoisotopic (exact) mass is 267 g/mol. The molecule has 19 heavy (non-hydrogen) atoms. The van der Waals surface area contributed by atoms with Crippen LogP contribution in [0, 0.1) is 5.92 Å². The lowest BCUT2D eigenvalue weighted by atomic mass is 9.96. The Bertz CT molecular complexity index is 349. The lowest BCUT2D eigenvalue weighted by molar-refractivity contribution is 0.0329. The highest BCUT2D eigenvalue weighted by atomic mass is 16.5. The molecular weight excluding hydrogens is 238 g/mol. The van der Waals surface area contributed by atoms with Crippen LogP contribution in [0.4, 0.5) is 0 Å². The number of hydrogen-bond donors (Lipinski definition) is 1. The topological polar surface area (TPSA) is 39.1 Å². The number of nitrogens with one attached hydrogen (secondary N) is 1. The lowest BCUT2D eigenvalue weighted by Gasteiger charge is -2.29. The molecule has 0 bridgehead atoms. The van der Waals surface area contributed by atoms with Crippen LogP contribution in [0.5, 0.6) is 0 Å². The van der Waals surface area contributed by atoms with Gasteiger partial charge in [-0.1, -0.05) is 27.7 Å². The lowest BCUT2D eigenvalue weighted by Crippen LogP contribution is -2.45. The Labute approximate surface area is 117 Å².